The van der Waals surface area contributed by atoms with Gasteiger partial charge in [-0.2, -0.15) is 0 Å². The number of aromatic nitrogens is 1. The number of rotatable bonds is 0. The summed E-state index contributed by atoms with van der Waals surface area (Å²) in [6.45, 7) is 1.92. The molecule has 1 heterocycles. The number of halogens is 1. The van der Waals surface area contributed by atoms with Crippen LogP contribution in [0.2, 0.25) is 0 Å². The van der Waals surface area contributed by atoms with E-state index in [1.165, 1.54) is 0 Å². The zero-order chi connectivity index (χ0) is 9.42. The number of benzene rings is 1. The van der Waals surface area contributed by atoms with Gasteiger partial charge in [-0.05, 0) is 25.1 Å². The van der Waals surface area contributed by atoms with E-state index in [-0.39, 0.29) is 0 Å². The fourth-order valence-corrected chi connectivity index (χ4v) is 2.04. The molecule has 3 heteroatoms. The molecule has 1 aromatic heterocycles. The van der Waals surface area contributed by atoms with Crippen LogP contribution in [0.1, 0.15) is 5.69 Å². The highest BCUT2D eigenvalue weighted by atomic mass is 79.9. The van der Waals surface area contributed by atoms with Crippen LogP contribution in [0.3, 0.4) is 0 Å². The van der Waals surface area contributed by atoms with E-state index in [0.717, 1.165) is 20.9 Å². The lowest BCUT2D eigenvalue weighted by atomic mass is 10.1. The van der Waals surface area contributed by atoms with Crippen molar-refractivity contribution in [2.24, 2.45) is 0 Å². The smallest absolute Gasteiger partial charge is 0.123 e. The summed E-state index contributed by atoms with van der Waals surface area (Å²) in [5, 5.41) is 11.4. The number of phenolic OH excluding ortho intramolecular Hbond substituents is 1. The first kappa shape index (κ1) is 8.51. The van der Waals surface area contributed by atoms with Gasteiger partial charge >= 0.3 is 0 Å². The predicted octanol–water partition coefficient (Wildman–Crippen LogP) is 3.01. The highest BCUT2D eigenvalue weighted by Crippen LogP contribution is 2.31. The highest BCUT2D eigenvalue weighted by Gasteiger charge is 2.05. The van der Waals surface area contributed by atoms with Crippen LogP contribution in [-0.2, 0) is 0 Å². The van der Waals surface area contributed by atoms with E-state index >= 15 is 0 Å². The van der Waals surface area contributed by atoms with Crippen molar-refractivity contribution in [3.8, 4) is 5.75 Å². The summed E-state index contributed by atoms with van der Waals surface area (Å²) in [7, 11) is 0. The van der Waals surface area contributed by atoms with Crippen molar-refractivity contribution >= 4 is 26.7 Å². The summed E-state index contributed by atoms with van der Waals surface area (Å²) >= 11 is 3.43. The van der Waals surface area contributed by atoms with E-state index in [1.807, 2.05) is 19.1 Å². The van der Waals surface area contributed by atoms with Crippen LogP contribution in [0, 0.1) is 6.92 Å². The van der Waals surface area contributed by atoms with E-state index in [4.69, 9.17) is 0 Å². The number of aryl methyl sites for hydroxylation is 1. The van der Waals surface area contributed by atoms with Crippen molar-refractivity contribution in [1.82, 2.24) is 4.98 Å². The lowest BCUT2D eigenvalue weighted by Crippen LogP contribution is -1.84. The molecule has 0 spiro atoms. The number of pyridine rings is 1. The van der Waals surface area contributed by atoms with E-state index < -0.39 is 0 Å². The Labute approximate surface area is 84.4 Å². The first-order valence-corrected chi connectivity index (χ1v) is 4.72. The van der Waals surface area contributed by atoms with Gasteiger partial charge in [-0.1, -0.05) is 15.9 Å². The molecule has 0 saturated carbocycles. The largest absolute Gasteiger partial charge is 0.507 e. The van der Waals surface area contributed by atoms with Crippen molar-refractivity contribution in [2.75, 3.05) is 0 Å². The third-order valence-electron chi connectivity index (χ3n) is 2.04. The molecule has 0 unspecified atom stereocenters. The van der Waals surface area contributed by atoms with Crippen LogP contribution < -0.4 is 0 Å². The number of hydrogen-bond acceptors (Lipinski definition) is 2. The van der Waals surface area contributed by atoms with Crippen LogP contribution >= 0.6 is 15.9 Å². The van der Waals surface area contributed by atoms with E-state index in [2.05, 4.69) is 20.9 Å². The van der Waals surface area contributed by atoms with Crippen LogP contribution in [0.15, 0.2) is 28.9 Å². The molecule has 2 aromatic rings. The third-order valence-corrected chi connectivity index (χ3v) is 2.70. The fourth-order valence-electron chi connectivity index (χ4n) is 1.41. The van der Waals surface area contributed by atoms with Gasteiger partial charge in [0.15, 0.2) is 0 Å². The van der Waals surface area contributed by atoms with Gasteiger partial charge < -0.3 is 5.11 Å². The standard InChI is InChI=1S/C10H8BrNO/c1-6-10-7(4-5-12-6)9(13)3-2-8(10)11/h2-5,13H,1H3. The number of phenols is 1. The Morgan fingerprint density at radius 1 is 1.31 bits per heavy atom. The molecule has 0 aliphatic rings. The average molecular weight is 238 g/mol. The third kappa shape index (κ3) is 1.29. The molecule has 0 radical (unpaired) electrons. The van der Waals surface area contributed by atoms with Gasteiger partial charge in [-0.25, -0.2) is 0 Å². The molecule has 0 amide bonds. The maximum atomic E-state index is 9.57. The van der Waals surface area contributed by atoms with Crippen LogP contribution in [0.5, 0.6) is 5.75 Å². The van der Waals surface area contributed by atoms with Crippen molar-refractivity contribution in [2.45, 2.75) is 6.92 Å². The highest BCUT2D eigenvalue weighted by molar-refractivity contribution is 9.10. The monoisotopic (exact) mass is 237 g/mol. The molecule has 0 saturated heterocycles. The Morgan fingerprint density at radius 3 is 2.77 bits per heavy atom. The summed E-state index contributed by atoms with van der Waals surface area (Å²) < 4.78 is 0.964. The van der Waals surface area contributed by atoms with E-state index in [9.17, 15) is 5.11 Å². The molecule has 66 valence electrons. The number of nitrogens with zero attached hydrogens (tertiary/aromatic N) is 1. The average Bonchev–Trinajstić information content (AvgIpc) is 2.12. The minimum atomic E-state index is 0.295. The van der Waals surface area contributed by atoms with E-state index in [0.29, 0.717) is 5.75 Å². The second-order valence-corrected chi connectivity index (χ2v) is 3.74. The van der Waals surface area contributed by atoms with Gasteiger partial charge in [0.2, 0.25) is 0 Å². The Kier molecular flexibility index (Phi) is 1.96. The Hall–Kier alpha value is -1.09. The minimum absolute atomic E-state index is 0.295. The molecule has 0 fully saturated rings. The quantitative estimate of drug-likeness (QED) is 0.765. The Bertz CT molecular complexity index is 459. The van der Waals surface area contributed by atoms with Crippen LogP contribution in [0.4, 0.5) is 0 Å². The van der Waals surface area contributed by atoms with Crippen molar-refractivity contribution < 1.29 is 5.11 Å². The topological polar surface area (TPSA) is 33.1 Å². The molecule has 1 aromatic carbocycles. The minimum Gasteiger partial charge on any atom is -0.507 e. The lowest BCUT2D eigenvalue weighted by molar-refractivity contribution is 0.481. The number of aromatic hydroxyl groups is 1. The summed E-state index contributed by atoms with van der Waals surface area (Å²) in [5.74, 6) is 0.295. The molecular weight excluding hydrogens is 230 g/mol. The number of fused-ring (bicyclic) bond motifs is 1. The van der Waals surface area contributed by atoms with Gasteiger partial charge in [-0.3, -0.25) is 4.98 Å². The second-order valence-electron chi connectivity index (χ2n) is 2.89. The zero-order valence-corrected chi connectivity index (χ0v) is 8.67. The Morgan fingerprint density at radius 2 is 2.08 bits per heavy atom. The van der Waals surface area contributed by atoms with Gasteiger partial charge in [0, 0.05) is 27.1 Å². The summed E-state index contributed by atoms with van der Waals surface area (Å²) in [6.07, 6.45) is 1.70. The summed E-state index contributed by atoms with van der Waals surface area (Å²) in [5.41, 5.74) is 0.917. The van der Waals surface area contributed by atoms with Crippen molar-refractivity contribution in [3.05, 3.63) is 34.6 Å². The number of hydrogen-bond donors (Lipinski definition) is 1. The fraction of sp³-hybridized carbons (Fsp3) is 0.100. The van der Waals surface area contributed by atoms with E-state index in [1.54, 1.807) is 12.3 Å². The zero-order valence-electron chi connectivity index (χ0n) is 7.08. The van der Waals surface area contributed by atoms with Crippen molar-refractivity contribution in [1.29, 1.82) is 0 Å². The molecule has 2 rings (SSSR count). The van der Waals surface area contributed by atoms with Crippen molar-refractivity contribution in [3.63, 3.8) is 0 Å². The summed E-state index contributed by atoms with van der Waals surface area (Å²) in [6, 6.07) is 5.31. The normalized spacial score (nSPS) is 10.6. The van der Waals surface area contributed by atoms with Crippen LogP contribution in [0.25, 0.3) is 10.8 Å². The Balaban J connectivity index is 3.00. The molecular formula is C10H8BrNO. The second kappa shape index (κ2) is 3.00. The molecule has 2 nitrogen and oxygen atoms in total. The van der Waals surface area contributed by atoms with Gasteiger partial charge in [0.1, 0.15) is 5.75 Å². The molecule has 0 atom stereocenters. The van der Waals surface area contributed by atoms with Gasteiger partial charge in [0.25, 0.3) is 0 Å². The van der Waals surface area contributed by atoms with Gasteiger partial charge in [-0.15, -0.1) is 0 Å². The molecule has 0 bridgehead atoms. The first-order chi connectivity index (χ1) is 6.20. The first-order valence-electron chi connectivity index (χ1n) is 3.93. The van der Waals surface area contributed by atoms with Gasteiger partial charge in [0.05, 0.1) is 0 Å². The van der Waals surface area contributed by atoms with Crippen LogP contribution in [-0.4, -0.2) is 10.1 Å². The molecule has 0 aliphatic carbocycles. The maximum Gasteiger partial charge on any atom is 0.123 e. The summed E-state index contributed by atoms with van der Waals surface area (Å²) in [4.78, 5) is 4.17. The lowest BCUT2D eigenvalue weighted by Gasteiger charge is -2.04. The predicted molar refractivity (Wildman–Crippen MR) is 55.8 cm³/mol. The maximum absolute atomic E-state index is 9.57. The molecule has 13 heavy (non-hydrogen) atoms. The molecule has 0 aliphatic heterocycles. The SMILES string of the molecule is Cc1nccc2c(O)ccc(Br)c12. The molecule has 1 N–H and O–H groups in total.